The average Bonchev–Trinajstić information content (AvgIpc) is 3.14. The van der Waals surface area contributed by atoms with Gasteiger partial charge in [-0.3, -0.25) is 9.36 Å². The molecule has 9 heteroatoms. The van der Waals surface area contributed by atoms with Crippen molar-refractivity contribution in [2.24, 2.45) is 0 Å². The Morgan fingerprint density at radius 3 is 2.77 bits per heavy atom. The lowest BCUT2D eigenvalue weighted by Crippen LogP contribution is -2.47. The summed E-state index contributed by atoms with van der Waals surface area (Å²) in [5.41, 5.74) is 1.33. The molecular weight excluding hydrogens is 332 g/mol. The molecule has 0 fully saturated rings. The van der Waals surface area contributed by atoms with Crippen LogP contribution in [-0.2, 0) is 4.79 Å². The third-order valence-electron chi connectivity index (χ3n) is 4.33. The molecule has 1 aliphatic rings. The molecule has 0 aromatic carbocycles. The molecule has 1 aliphatic heterocycles. The van der Waals surface area contributed by atoms with Gasteiger partial charge in [0.25, 0.3) is 0 Å². The molecule has 0 saturated heterocycles. The van der Waals surface area contributed by atoms with Crippen LogP contribution in [-0.4, -0.2) is 55.3 Å². The van der Waals surface area contributed by atoms with E-state index >= 15 is 0 Å². The number of imidazole rings is 1. The fraction of sp³-hybridized carbons (Fsp3) is 0.294. The Bertz CT molecular complexity index is 952. The van der Waals surface area contributed by atoms with Gasteiger partial charge in [0, 0.05) is 31.7 Å². The first kappa shape index (κ1) is 16.1. The van der Waals surface area contributed by atoms with Crippen LogP contribution in [0.5, 0.6) is 0 Å². The summed E-state index contributed by atoms with van der Waals surface area (Å²) in [6, 6.07) is 3.77. The quantitative estimate of drug-likeness (QED) is 0.703. The van der Waals surface area contributed by atoms with Crippen LogP contribution in [0.4, 0.5) is 11.5 Å². The van der Waals surface area contributed by atoms with Gasteiger partial charge in [-0.15, -0.1) is 5.10 Å². The molecule has 1 amide bonds. The highest BCUT2D eigenvalue weighted by molar-refractivity contribution is 6.01. The van der Waals surface area contributed by atoms with E-state index in [0.717, 1.165) is 5.82 Å². The normalized spacial score (nSPS) is 14.1. The Balaban J connectivity index is 1.83. The van der Waals surface area contributed by atoms with E-state index in [0.29, 0.717) is 29.7 Å². The Kier molecular flexibility index (Phi) is 3.83. The van der Waals surface area contributed by atoms with Crippen LogP contribution in [0.3, 0.4) is 0 Å². The zero-order chi connectivity index (χ0) is 18.3. The molecule has 3 aromatic heterocycles. The monoisotopic (exact) mass is 350 g/mol. The predicted molar refractivity (Wildman–Crippen MR) is 96.1 cm³/mol. The number of carbonyl (C=O) groups excluding carboxylic acids is 1. The Morgan fingerprint density at radius 1 is 1.19 bits per heavy atom. The van der Waals surface area contributed by atoms with Crippen LogP contribution in [0.25, 0.3) is 17.5 Å². The summed E-state index contributed by atoms with van der Waals surface area (Å²) >= 11 is 0. The molecular formula is C17H18N8O. The average molecular weight is 350 g/mol. The minimum atomic E-state index is 0.0189. The van der Waals surface area contributed by atoms with Gasteiger partial charge in [-0.1, -0.05) is 0 Å². The van der Waals surface area contributed by atoms with E-state index in [1.165, 1.54) is 0 Å². The topological polar surface area (TPSA) is 92.9 Å². The minimum Gasteiger partial charge on any atom is -0.343 e. The Hall–Kier alpha value is -3.36. The molecule has 0 spiro atoms. The van der Waals surface area contributed by atoms with Gasteiger partial charge >= 0.3 is 0 Å². The van der Waals surface area contributed by atoms with Crippen molar-refractivity contribution >= 4 is 17.4 Å². The maximum atomic E-state index is 12.2. The molecule has 3 aromatic rings. The third-order valence-corrected chi connectivity index (χ3v) is 4.33. The second kappa shape index (κ2) is 6.17. The van der Waals surface area contributed by atoms with E-state index in [9.17, 15) is 4.79 Å². The molecule has 0 unspecified atom stereocenters. The maximum absolute atomic E-state index is 12.2. The van der Waals surface area contributed by atoms with E-state index < -0.39 is 0 Å². The number of likely N-dealkylation sites (N-methyl/N-ethyl adjacent to an activating group) is 1. The fourth-order valence-electron chi connectivity index (χ4n) is 2.88. The number of rotatable bonds is 3. The Morgan fingerprint density at radius 2 is 2.04 bits per heavy atom. The standard InChI is InChI=1S/C17H18N8O/c1-11(2)25-10-14(26)23(3)13-9-19-17(21-16(13)25)24-8-7-18-15(24)12-5-4-6-20-22-12/h4-9,11H,10H2,1-3H3. The molecule has 132 valence electrons. The third kappa shape index (κ3) is 2.57. The first-order chi connectivity index (χ1) is 12.6. The fourth-order valence-corrected chi connectivity index (χ4v) is 2.88. The summed E-state index contributed by atoms with van der Waals surface area (Å²) in [6.07, 6.45) is 6.73. The van der Waals surface area contributed by atoms with Gasteiger partial charge < -0.3 is 9.80 Å². The summed E-state index contributed by atoms with van der Waals surface area (Å²) in [7, 11) is 1.74. The first-order valence-corrected chi connectivity index (χ1v) is 8.28. The van der Waals surface area contributed by atoms with Gasteiger partial charge in [0.05, 0.1) is 12.7 Å². The number of aromatic nitrogens is 6. The highest BCUT2D eigenvalue weighted by Gasteiger charge is 2.30. The van der Waals surface area contributed by atoms with E-state index in [2.05, 4.69) is 20.2 Å². The number of amides is 1. The van der Waals surface area contributed by atoms with E-state index in [1.807, 2.05) is 24.8 Å². The van der Waals surface area contributed by atoms with E-state index in [1.54, 1.807) is 47.4 Å². The van der Waals surface area contributed by atoms with Gasteiger partial charge in [0.2, 0.25) is 11.9 Å². The number of nitrogens with zero attached hydrogens (tertiary/aromatic N) is 8. The van der Waals surface area contributed by atoms with Gasteiger partial charge in [-0.2, -0.15) is 10.1 Å². The lowest BCUT2D eigenvalue weighted by molar-refractivity contribution is -0.117. The first-order valence-electron chi connectivity index (χ1n) is 8.28. The molecule has 0 bridgehead atoms. The number of anilines is 2. The van der Waals surface area contributed by atoms with Crippen molar-refractivity contribution in [3.05, 3.63) is 36.9 Å². The summed E-state index contributed by atoms with van der Waals surface area (Å²) in [5.74, 6) is 1.82. The van der Waals surface area contributed by atoms with Crippen molar-refractivity contribution in [3.8, 4) is 17.5 Å². The van der Waals surface area contributed by atoms with Crippen molar-refractivity contribution in [3.63, 3.8) is 0 Å². The molecule has 4 rings (SSSR count). The van der Waals surface area contributed by atoms with Crippen LogP contribution in [0.1, 0.15) is 13.8 Å². The van der Waals surface area contributed by atoms with Crippen molar-refractivity contribution < 1.29 is 4.79 Å². The minimum absolute atomic E-state index is 0.0189. The smallest absolute Gasteiger partial charge is 0.246 e. The molecule has 0 saturated carbocycles. The van der Waals surface area contributed by atoms with Crippen molar-refractivity contribution in [2.45, 2.75) is 19.9 Å². The molecule has 0 N–H and O–H groups in total. The second-order valence-electron chi connectivity index (χ2n) is 6.28. The van der Waals surface area contributed by atoms with Gasteiger partial charge in [-0.25, -0.2) is 9.97 Å². The summed E-state index contributed by atoms with van der Waals surface area (Å²) in [6.45, 7) is 4.36. The SMILES string of the molecule is CC(C)N1CC(=O)N(C)c2cnc(-n3ccnc3-c3cccnn3)nc21. The summed E-state index contributed by atoms with van der Waals surface area (Å²) in [5, 5.41) is 8.01. The molecule has 0 radical (unpaired) electrons. The molecule has 9 nitrogen and oxygen atoms in total. The lowest BCUT2D eigenvalue weighted by Gasteiger charge is -2.36. The summed E-state index contributed by atoms with van der Waals surface area (Å²) < 4.78 is 1.76. The zero-order valence-corrected chi connectivity index (χ0v) is 14.7. The van der Waals surface area contributed by atoms with Crippen LogP contribution >= 0.6 is 0 Å². The van der Waals surface area contributed by atoms with Crippen LogP contribution in [0, 0.1) is 0 Å². The zero-order valence-electron chi connectivity index (χ0n) is 14.7. The number of fused-ring (bicyclic) bond motifs is 1. The molecule has 0 atom stereocenters. The predicted octanol–water partition coefficient (Wildman–Crippen LogP) is 1.31. The largest absolute Gasteiger partial charge is 0.343 e. The van der Waals surface area contributed by atoms with Gasteiger partial charge in [0.1, 0.15) is 11.4 Å². The molecule has 4 heterocycles. The van der Waals surface area contributed by atoms with E-state index in [4.69, 9.17) is 4.98 Å². The van der Waals surface area contributed by atoms with Gasteiger partial charge in [-0.05, 0) is 26.0 Å². The highest BCUT2D eigenvalue weighted by Crippen LogP contribution is 2.32. The number of carbonyl (C=O) groups is 1. The highest BCUT2D eigenvalue weighted by atomic mass is 16.2. The maximum Gasteiger partial charge on any atom is 0.246 e. The van der Waals surface area contributed by atoms with Crippen molar-refractivity contribution in [1.29, 1.82) is 0 Å². The summed E-state index contributed by atoms with van der Waals surface area (Å²) in [4.78, 5) is 29.3. The van der Waals surface area contributed by atoms with Crippen LogP contribution < -0.4 is 9.80 Å². The van der Waals surface area contributed by atoms with Gasteiger partial charge in [0.15, 0.2) is 11.6 Å². The van der Waals surface area contributed by atoms with Crippen LogP contribution in [0.15, 0.2) is 36.9 Å². The van der Waals surface area contributed by atoms with Crippen molar-refractivity contribution in [2.75, 3.05) is 23.4 Å². The number of hydrogen-bond acceptors (Lipinski definition) is 7. The second-order valence-corrected chi connectivity index (χ2v) is 6.28. The van der Waals surface area contributed by atoms with Crippen LogP contribution in [0.2, 0.25) is 0 Å². The Labute approximate surface area is 150 Å². The molecule has 0 aliphatic carbocycles. The van der Waals surface area contributed by atoms with Crippen molar-refractivity contribution in [1.82, 2.24) is 29.7 Å². The number of hydrogen-bond donors (Lipinski definition) is 0. The van der Waals surface area contributed by atoms with E-state index in [-0.39, 0.29) is 11.9 Å². The molecule has 26 heavy (non-hydrogen) atoms. The lowest BCUT2D eigenvalue weighted by atomic mass is 10.2.